The first kappa shape index (κ1) is 11.5. The van der Waals surface area contributed by atoms with E-state index in [4.69, 9.17) is 5.73 Å². The summed E-state index contributed by atoms with van der Waals surface area (Å²) < 4.78 is 0. The molecule has 3 N–H and O–H groups in total. The van der Waals surface area contributed by atoms with Crippen LogP contribution in [0.2, 0.25) is 0 Å². The van der Waals surface area contributed by atoms with Gasteiger partial charge in [-0.1, -0.05) is 30.3 Å². The number of nitrogens with one attached hydrogen (secondary N) is 1. The smallest absolute Gasteiger partial charge is 0.127 e. The van der Waals surface area contributed by atoms with Crippen molar-refractivity contribution in [3.63, 3.8) is 0 Å². The zero-order valence-electron chi connectivity index (χ0n) is 9.76. The van der Waals surface area contributed by atoms with Crippen LogP contribution in [0.15, 0.2) is 48.7 Å². The Morgan fingerprint density at radius 1 is 1.12 bits per heavy atom. The average molecular weight is 227 g/mol. The van der Waals surface area contributed by atoms with Crippen molar-refractivity contribution in [2.75, 3.05) is 17.6 Å². The van der Waals surface area contributed by atoms with E-state index in [-0.39, 0.29) is 0 Å². The Morgan fingerprint density at radius 2 is 1.94 bits per heavy atom. The van der Waals surface area contributed by atoms with Crippen molar-refractivity contribution < 1.29 is 0 Å². The molecule has 0 saturated heterocycles. The Morgan fingerprint density at radius 3 is 2.71 bits per heavy atom. The molecule has 2 rings (SSSR count). The summed E-state index contributed by atoms with van der Waals surface area (Å²) in [5.74, 6) is 0.845. The van der Waals surface area contributed by atoms with Crippen LogP contribution >= 0.6 is 0 Å². The molecule has 3 nitrogen and oxygen atoms in total. The predicted molar refractivity (Wildman–Crippen MR) is 71.9 cm³/mol. The number of hydrogen-bond donors (Lipinski definition) is 2. The number of aromatic nitrogens is 1. The van der Waals surface area contributed by atoms with Crippen LogP contribution in [-0.2, 0) is 6.42 Å². The summed E-state index contributed by atoms with van der Waals surface area (Å²) in [6.07, 6.45) is 3.88. The van der Waals surface area contributed by atoms with Crippen molar-refractivity contribution >= 4 is 11.5 Å². The lowest BCUT2D eigenvalue weighted by atomic mass is 10.1. The van der Waals surface area contributed by atoms with Gasteiger partial charge in [-0.3, -0.25) is 0 Å². The zero-order valence-corrected chi connectivity index (χ0v) is 9.76. The fraction of sp³-hybridized carbons (Fsp3) is 0.214. The minimum absolute atomic E-state index is 0.741. The van der Waals surface area contributed by atoms with Gasteiger partial charge in [0.1, 0.15) is 5.82 Å². The standard InChI is InChI=1S/C14H17N3/c15-13-8-10-17-14(11-13)16-9-4-7-12-5-2-1-3-6-12/h1-3,5-6,8,10-11H,4,7,9H2,(H3,15,16,17). The number of aryl methyl sites for hydroxylation is 1. The van der Waals surface area contributed by atoms with Crippen molar-refractivity contribution in [3.8, 4) is 0 Å². The average Bonchev–Trinajstić information content (AvgIpc) is 2.36. The van der Waals surface area contributed by atoms with E-state index in [9.17, 15) is 0 Å². The molecule has 2 aromatic rings. The molecule has 1 aromatic heterocycles. The molecular formula is C14H17N3. The van der Waals surface area contributed by atoms with Crippen LogP contribution in [0.3, 0.4) is 0 Å². The van der Waals surface area contributed by atoms with Crippen LogP contribution in [0.4, 0.5) is 11.5 Å². The summed E-state index contributed by atoms with van der Waals surface area (Å²) in [5, 5.41) is 3.26. The third kappa shape index (κ3) is 3.79. The highest BCUT2D eigenvalue weighted by atomic mass is 15.0. The van der Waals surface area contributed by atoms with E-state index in [0.717, 1.165) is 30.9 Å². The van der Waals surface area contributed by atoms with Gasteiger partial charge >= 0.3 is 0 Å². The highest BCUT2D eigenvalue weighted by Crippen LogP contribution is 2.08. The summed E-state index contributed by atoms with van der Waals surface area (Å²) >= 11 is 0. The number of benzene rings is 1. The Kier molecular flexibility index (Phi) is 3.97. The molecule has 0 bridgehead atoms. The fourth-order valence-electron chi connectivity index (χ4n) is 1.70. The summed E-state index contributed by atoms with van der Waals surface area (Å²) in [6.45, 7) is 0.908. The van der Waals surface area contributed by atoms with Crippen LogP contribution in [0.5, 0.6) is 0 Å². The normalized spacial score (nSPS) is 10.1. The van der Waals surface area contributed by atoms with Gasteiger partial charge < -0.3 is 11.1 Å². The minimum Gasteiger partial charge on any atom is -0.399 e. The van der Waals surface area contributed by atoms with Crippen molar-refractivity contribution in [1.29, 1.82) is 0 Å². The van der Waals surface area contributed by atoms with E-state index in [2.05, 4.69) is 34.6 Å². The van der Waals surface area contributed by atoms with E-state index in [0.29, 0.717) is 0 Å². The molecule has 0 aliphatic rings. The van der Waals surface area contributed by atoms with Gasteiger partial charge in [-0.15, -0.1) is 0 Å². The van der Waals surface area contributed by atoms with Gasteiger partial charge in [0.15, 0.2) is 0 Å². The van der Waals surface area contributed by atoms with Gasteiger partial charge in [0.25, 0.3) is 0 Å². The molecular weight excluding hydrogens is 210 g/mol. The first-order valence-corrected chi connectivity index (χ1v) is 5.84. The highest BCUT2D eigenvalue weighted by molar-refractivity contribution is 5.48. The second-order valence-electron chi connectivity index (χ2n) is 3.99. The molecule has 0 aliphatic carbocycles. The predicted octanol–water partition coefficient (Wildman–Crippen LogP) is 2.71. The van der Waals surface area contributed by atoms with Crippen molar-refractivity contribution in [2.24, 2.45) is 0 Å². The van der Waals surface area contributed by atoms with E-state index >= 15 is 0 Å². The molecule has 0 aliphatic heterocycles. The Balaban J connectivity index is 1.73. The van der Waals surface area contributed by atoms with Crippen LogP contribution < -0.4 is 11.1 Å². The molecule has 0 saturated carbocycles. The number of nitrogens with zero attached hydrogens (tertiary/aromatic N) is 1. The van der Waals surface area contributed by atoms with Gasteiger partial charge in [-0.2, -0.15) is 0 Å². The Hall–Kier alpha value is -2.03. The second kappa shape index (κ2) is 5.89. The maximum atomic E-state index is 5.67. The van der Waals surface area contributed by atoms with Crippen LogP contribution in [0, 0.1) is 0 Å². The Labute approximate surface area is 102 Å². The SMILES string of the molecule is Nc1ccnc(NCCCc2ccccc2)c1. The van der Waals surface area contributed by atoms with E-state index < -0.39 is 0 Å². The molecule has 88 valence electrons. The lowest BCUT2D eigenvalue weighted by Crippen LogP contribution is -2.04. The molecule has 3 heteroatoms. The number of rotatable bonds is 5. The minimum atomic E-state index is 0.741. The van der Waals surface area contributed by atoms with Crippen molar-refractivity contribution in [3.05, 3.63) is 54.2 Å². The lowest BCUT2D eigenvalue weighted by molar-refractivity contribution is 0.859. The summed E-state index contributed by atoms with van der Waals surface area (Å²) in [6, 6.07) is 14.1. The van der Waals surface area contributed by atoms with Gasteiger partial charge in [0, 0.05) is 24.5 Å². The van der Waals surface area contributed by atoms with E-state index in [1.807, 2.05) is 12.1 Å². The quantitative estimate of drug-likeness (QED) is 0.772. The molecule has 0 fully saturated rings. The van der Waals surface area contributed by atoms with E-state index in [1.165, 1.54) is 5.56 Å². The Bertz CT molecular complexity index is 454. The third-order valence-electron chi connectivity index (χ3n) is 2.58. The van der Waals surface area contributed by atoms with Crippen molar-refractivity contribution in [1.82, 2.24) is 4.98 Å². The maximum absolute atomic E-state index is 5.67. The number of anilines is 2. The van der Waals surface area contributed by atoms with Crippen molar-refractivity contribution in [2.45, 2.75) is 12.8 Å². The topological polar surface area (TPSA) is 50.9 Å². The molecule has 0 atom stereocenters. The molecule has 1 heterocycles. The first-order chi connectivity index (χ1) is 8.34. The number of nitrogens with two attached hydrogens (primary N) is 1. The van der Waals surface area contributed by atoms with Gasteiger partial charge in [-0.05, 0) is 24.5 Å². The molecule has 0 unspecified atom stereocenters. The summed E-state index contributed by atoms with van der Waals surface area (Å²) in [7, 11) is 0. The van der Waals surface area contributed by atoms with E-state index in [1.54, 1.807) is 12.3 Å². The second-order valence-corrected chi connectivity index (χ2v) is 3.99. The molecule has 0 radical (unpaired) electrons. The van der Waals surface area contributed by atoms with Gasteiger partial charge in [-0.25, -0.2) is 4.98 Å². The third-order valence-corrected chi connectivity index (χ3v) is 2.58. The number of pyridine rings is 1. The highest BCUT2D eigenvalue weighted by Gasteiger charge is 1.95. The molecule has 0 spiro atoms. The van der Waals surface area contributed by atoms with Crippen LogP contribution in [-0.4, -0.2) is 11.5 Å². The van der Waals surface area contributed by atoms with Gasteiger partial charge in [0.05, 0.1) is 0 Å². The molecule has 17 heavy (non-hydrogen) atoms. The fourth-order valence-corrected chi connectivity index (χ4v) is 1.70. The molecule has 0 amide bonds. The zero-order chi connectivity index (χ0) is 11.9. The summed E-state index contributed by atoms with van der Waals surface area (Å²) in [5.41, 5.74) is 7.79. The maximum Gasteiger partial charge on any atom is 0.127 e. The van der Waals surface area contributed by atoms with Crippen LogP contribution in [0.1, 0.15) is 12.0 Å². The monoisotopic (exact) mass is 227 g/mol. The van der Waals surface area contributed by atoms with Crippen LogP contribution in [0.25, 0.3) is 0 Å². The first-order valence-electron chi connectivity index (χ1n) is 5.84. The summed E-state index contributed by atoms with van der Waals surface area (Å²) in [4.78, 5) is 4.19. The number of nitrogen functional groups attached to an aromatic ring is 1. The largest absolute Gasteiger partial charge is 0.399 e. The van der Waals surface area contributed by atoms with Gasteiger partial charge in [0.2, 0.25) is 0 Å². The molecule has 1 aromatic carbocycles. The lowest BCUT2D eigenvalue weighted by Gasteiger charge is -2.05. The number of hydrogen-bond acceptors (Lipinski definition) is 3.